The molecule has 158 valence electrons. The number of aliphatic hydroxyl groups is 1. The van der Waals surface area contributed by atoms with Crippen LogP contribution in [0.2, 0.25) is 0 Å². The molecule has 1 fully saturated rings. The molecule has 0 spiro atoms. The molecule has 2 N–H and O–H groups in total. The van der Waals surface area contributed by atoms with Gasteiger partial charge in [0, 0.05) is 30.0 Å². The fourth-order valence-corrected chi connectivity index (χ4v) is 5.50. The van der Waals surface area contributed by atoms with Gasteiger partial charge in [0.2, 0.25) is 0 Å². The number of aliphatic hydroxyl groups excluding tert-OH is 1. The van der Waals surface area contributed by atoms with Crippen LogP contribution in [0.1, 0.15) is 46.6 Å². The average molecular weight is 424 g/mol. The fraction of sp³-hybridized carbons (Fsp3) is 0.417. The van der Waals surface area contributed by atoms with E-state index in [0.29, 0.717) is 6.04 Å². The van der Waals surface area contributed by atoms with Gasteiger partial charge in [-0.3, -0.25) is 14.7 Å². The molecule has 4 rings (SSSR count). The minimum Gasteiger partial charge on any atom is -0.395 e. The molecule has 1 saturated heterocycles. The van der Waals surface area contributed by atoms with Gasteiger partial charge in [0.1, 0.15) is 0 Å². The lowest BCUT2D eigenvalue weighted by molar-refractivity contribution is 0.0947. The Morgan fingerprint density at radius 1 is 1.17 bits per heavy atom. The van der Waals surface area contributed by atoms with Crippen molar-refractivity contribution >= 4 is 27.3 Å². The van der Waals surface area contributed by atoms with Gasteiger partial charge >= 0.3 is 0 Å². The smallest absolute Gasteiger partial charge is 0.261 e. The summed E-state index contributed by atoms with van der Waals surface area (Å²) in [5, 5.41) is 13.1. The molecule has 1 aliphatic heterocycles. The Labute approximate surface area is 181 Å². The normalized spacial score (nSPS) is 17.7. The standard InChI is InChI=1S/C24H29N3O2S/c28-15-13-26-24(29)23-21(20-10-3-4-11-22(20)30-23)16-19-9-2-1-7-14-27(19)17-18-8-5-6-12-25-18/h3-6,8,10-12,19,28H,1-2,7,9,13-17H2,(H,26,29)/t19-/m1/s1. The van der Waals surface area contributed by atoms with Gasteiger partial charge in [-0.05, 0) is 55.0 Å². The number of hydrogen-bond acceptors (Lipinski definition) is 5. The van der Waals surface area contributed by atoms with Gasteiger partial charge < -0.3 is 10.4 Å². The van der Waals surface area contributed by atoms with Crippen LogP contribution in [0.3, 0.4) is 0 Å². The minimum atomic E-state index is -0.0786. The van der Waals surface area contributed by atoms with Gasteiger partial charge in [-0.25, -0.2) is 0 Å². The second-order valence-electron chi connectivity index (χ2n) is 7.88. The third-order valence-electron chi connectivity index (χ3n) is 5.83. The molecule has 0 saturated carbocycles. The maximum absolute atomic E-state index is 12.8. The summed E-state index contributed by atoms with van der Waals surface area (Å²) in [6, 6.07) is 14.8. The minimum absolute atomic E-state index is 0.0492. The molecule has 5 nitrogen and oxygen atoms in total. The first-order chi connectivity index (χ1) is 14.8. The van der Waals surface area contributed by atoms with Crippen molar-refractivity contribution < 1.29 is 9.90 Å². The second kappa shape index (κ2) is 10.2. The molecule has 1 atom stereocenters. The first-order valence-electron chi connectivity index (χ1n) is 10.8. The van der Waals surface area contributed by atoms with E-state index in [4.69, 9.17) is 5.11 Å². The monoisotopic (exact) mass is 423 g/mol. The molecule has 1 aliphatic rings. The van der Waals surface area contributed by atoms with E-state index < -0.39 is 0 Å². The zero-order valence-corrected chi connectivity index (χ0v) is 18.0. The van der Waals surface area contributed by atoms with Crippen molar-refractivity contribution in [3.63, 3.8) is 0 Å². The van der Waals surface area contributed by atoms with Crippen LogP contribution in [0.25, 0.3) is 10.1 Å². The van der Waals surface area contributed by atoms with Crippen LogP contribution in [0.5, 0.6) is 0 Å². The molecule has 0 radical (unpaired) electrons. The molecule has 0 bridgehead atoms. The topological polar surface area (TPSA) is 65.5 Å². The molecule has 0 aliphatic carbocycles. The van der Waals surface area contributed by atoms with Crippen LogP contribution in [-0.4, -0.2) is 46.6 Å². The predicted octanol–water partition coefficient (Wildman–Crippen LogP) is 4.01. The van der Waals surface area contributed by atoms with Gasteiger partial charge in [0.05, 0.1) is 17.2 Å². The highest BCUT2D eigenvalue weighted by atomic mass is 32.1. The van der Waals surface area contributed by atoms with Crippen LogP contribution >= 0.6 is 11.3 Å². The maximum atomic E-state index is 12.8. The quantitative estimate of drug-likeness (QED) is 0.603. The van der Waals surface area contributed by atoms with Crippen molar-refractivity contribution in [3.8, 4) is 0 Å². The summed E-state index contributed by atoms with van der Waals surface area (Å²) in [6.45, 7) is 2.14. The van der Waals surface area contributed by atoms with E-state index in [-0.39, 0.29) is 19.1 Å². The Morgan fingerprint density at radius 2 is 2.03 bits per heavy atom. The number of fused-ring (bicyclic) bond motifs is 1. The number of pyridine rings is 1. The third-order valence-corrected chi connectivity index (χ3v) is 7.04. The van der Waals surface area contributed by atoms with E-state index in [2.05, 4.69) is 33.4 Å². The number of benzene rings is 1. The first kappa shape index (κ1) is 21.0. The molecular weight excluding hydrogens is 394 g/mol. The van der Waals surface area contributed by atoms with E-state index >= 15 is 0 Å². The zero-order valence-electron chi connectivity index (χ0n) is 17.2. The predicted molar refractivity (Wildman–Crippen MR) is 122 cm³/mol. The highest BCUT2D eigenvalue weighted by Gasteiger charge is 2.26. The number of amides is 1. The van der Waals surface area contributed by atoms with Gasteiger partial charge in [-0.2, -0.15) is 0 Å². The summed E-state index contributed by atoms with van der Waals surface area (Å²) in [4.78, 5) is 20.7. The summed E-state index contributed by atoms with van der Waals surface area (Å²) < 4.78 is 1.14. The number of nitrogens with zero attached hydrogens (tertiary/aromatic N) is 2. The molecule has 1 amide bonds. The molecule has 3 heterocycles. The Morgan fingerprint density at radius 3 is 2.87 bits per heavy atom. The van der Waals surface area contributed by atoms with Crippen molar-refractivity contribution in [1.82, 2.24) is 15.2 Å². The van der Waals surface area contributed by atoms with Crippen molar-refractivity contribution in [2.45, 2.75) is 44.7 Å². The highest BCUT2D eigenvalue weighted by Crippen LogP contribution is 2.34. The lowest BCUT2D eigenvalue weighted by atomic mass is 9.97. The summed E-state index contributed by atoms with van der Waals surface area (Å²) in [5.41, 5.74) is 2.24. The number of nitrogens with one attached hydrogen (secondary N) is 1. The number of carbonyl (C=O) groups excluding carboxylic acids is 1. The molecule has 3 aromatic rings. The lowest BCUT2D eigenvalue weighted by Gasteiger charge is -2.30. The number of rotatable bonds is 7. The van der Waals surface area contributed by atoms with Gasteiger partial charge in [-0.1, -0.05) is 37.1 Å². The molecule has 6 heteroatoms. The Balaban J connectivity index is 1.64. The summed E-state index contributed by atoms with van der Waals surface area (Å²) in [6.07, 6.45) is 7.53. The van der Waals surface area contributed by atoms with Crippen LogP contribution in [0.15, 0.2) is 48.7 Å². The van der Waals surface area contributed by atoms with Crippen molar-refractivity contribution in [2.24, 2.45) is 0 Å². The largest absolute Gasteiger partial charge is 0.395 e. The fourth-order valence-electron chi connectivity index (χ4n) is 4.35. The zero-order chi connectivity index (χ0) is 20.8. The van der Waals surface area contributed by atoms with Crippen LogP contribution in [-0.2, 0) is 13.0 Å². The molecule has 2 aromatic heterocycles. The van der Waals surface area contributed by atoms with Crippen molar-refractivity contribution in [2.75, 3.05) is 19.7 Å². The highest BCUT2D eigenvalue weighted by molar-refractivity contribution is 7.21. The second-order valence-corrected chi connectivity index (χ2v) is 8.94. The Bertz CT molecular complexity index is 973. The molecule has 0 unspecified atom stereocenters. The summed E-state index contributed by atoms with van der Waals surface area (Å²) in [5.74, 6) is -0.0786. The number of likely N-dealkylation sites (tertiary alicyclic amines) is 1. The third kappa shape index (κ3) is 4.89. The van der Waals surface area contributed by atoms with Gasteiger partial charge in [0.25, 0.3) is 5.91 Å². The van der Waals surface area contributed by atoms with E-state index in [1.165, 1.54) is 24.6 Å². The van der Waals surface area contributed by atoms with Gasteiger partial charge in [0.15, 0.2) is 0 Å². The van der Waals surface area contributed by atoms with Crippen LogP contribution in [0.4, 0.5) is 0 Å². The Hall–Kier alpha value is -2.28. The van der Waals surface area contributed by atoms with Crippen LogP contribution in [0, 0.1) is 0 Å². The van der Waals surface area contributed by atoms with E-state index in [0.717, 1.165) is 46.8 Å². The van der Waals surface area contributed by atoms with Crippen molar-refractivity contribution in [3.05, 3.63) is 64.8 Å². The number of carbonyl (C=O) groups is 1. The SMILES string of the molecule is O=C(NCCO)c1sc2ccccc2c1C[C@H]1CCCCCN1Cc1ccccn1. The molecular formula is C24H29N3O2S. The first-order valence-corrected chi connectivity index (χ1v) is 11.6. The van der Waals surface area contributed by atoms with Crippen LogP contribution < -0.4 is 5.32 Å². The van der Waals surface area contributed by atoms with Gasteiger partial charge in [-0.15, -0.1) is 11.3 Å². The maximum Gasteiger partial charge on any atom is 0.261 e. The Kier molecular flexibility index (Phi) is 7.10. The van der Waals surface area contributed by atoms with E-state index in [9.17, 15) is 4.79 Å². The van der Waals surface area contributed by atoms with E-state index in [1.54, 1.807) is 11.3 Å². The molecule has 30 heavy (non-hydrogen) atoms. The van der Waals surface area contributed by atoms with Crippen molar-refractivity contribution in [1.29, 1.82) is 0 Å². The lowest BCUT2D eigenvalue weighted by Crippen LogP contribution is -2.36. The number of thiophene rings is 1. The number of hydrogen-bond donors (Lipinski definition) is 2. The summed E-state index contributed by atoms with van der Waals surface area (Å²) in [7, 11) is 0. The average Bonchev–Trinajstić information content (AvgIpc) is 3.00. The van der Waals surface area contributed by atoms with E-state index in [1.807, 2.05) is 30.5 Å². The summed E-state index contributed by atoms with van der Waals surface area (Å²) >= 11 is 1.56. The molecule has 1 aromatic carbocycles. The number of aromatic nitrogens is 1.